The molecule has 1 aromatic rings. The smallest absolute Gasteiger partial charge is 0.414 e. The molecule has 0 N–H and O–H groups in total. The van der Waals surface area contributed by atoms with Crippen LogP contribution in [0.1, 0.15) is 18.9 Å². The fraction of sp³-hybridized carbons (Fsp3) is 0.417. The van der Waals surface area contributed by atoms with Crippen LogP contribution in [0.3, 0.4) is 0 Å². The number of amides is 1. The first-order valence-corrected chi connectivity index (χ1v) is 6.49. The summed E-state index contributed by atoms with van der Waals surface area (Å²) in [7, 11) is 0. The number of carbonyl (C=O) groups is 1. The molecular formula is C12H14BrNO2. The molecule has 1 fully saturated rings. The number of rotatable bonds is 3. The van der Waals surface area contributed by atoms with E-state index in [2.05, 4.69) is 15.9 Å². The van der Waals surface area contributed by atoms with Crippen LogP contribution in [0.15, 0.2) is 24.3 Å². The highest BCUT2D eigenvalue weighted by atomic mass is 79.9. The maximum atomic E-state index is 11.6. The predicted octanol–water partition coefficient (Wildman–Crippen LogP) is 3.32. The Morgan fingerprint density at radius 2 is 2.12 bits per heavy atom. The monoisotopic (exact) mass is 283 g/mol. The summed E-state index contributed by atoms with van der Waals surface area (Å²) in [6.45, 7) is 2.68. The van der Waals surface area contributed by atoms with Crippen molar-refractivity contribution in [1.29, 1.82) is 0 Å². The molecule has 1 aliphatic heterocycles. The lowest BCUT2D eigenvalue weighted by molar-refractivity contribution is 0.139. The third-order valence-corrected chi connectivity index (χ3v) is 3.38. The topological polar surface area (TPSA) is 29.5 Å². The van der Waals surface area contributed by atoms with Crippen LogP contribution in [-0.4, -0.2) is 18.7 Å². The van der Waals surface area contributed by atoms with Crippen LogP contribution in [0.4, 0.5) is 10.5 Å². The van der Waals surface area contributed by atoms with Crippen LogP contribution in [0.5, 0.6) is 0 Å². The minimum Gasteiger partial charge on any atom is -0.444 e. The molecule has 1 aliphatic rings. The van der Waals surface area contributed by atoms with Crippen molar-refractivity contribution in [2.24, 2.45) is 0 Å². The number of hydrogen-bond donors (Lipinski definition) is 0. The van der Waals surface area contributed by atoms with Gasteiger partial charge in [0.15, 0.2) is 0 Å². The predicted molar refractivity (Wildman–Crippen MR) is 67.0 cm³/mol. The minimum absolute atomic E-state index is 0.0309. The Kier molecular flexibility index (Phi) is 3.49. The Balaban J connectivity index is 2.15. The number of benzene rings is 1. The quantitative estimate of drug-likeness (QED) is 0.797. The fourth-order valence-electron chi connectivity index (χ4n) is 1.71. The summed E-state index contributed by atoms with van der Waals surface area (Å²) in [5, 5.41) is 0.829. The second-order valence-corrected chi connectivity index (χ2v) is 4.39. The highest BCUT2D eigenvalue weighted by Gasteiger charge is 2.30. The van der Waals surface area contributed by atoms with Gasteiger partial charge in [0.05, 0.1) is 6.54 Å². The number of alkyl halides is 1. The second kappa shape index (κ2) is 4.87. The van der Waals surface area contributed by atoms with E-state index in [4.69, 9.17) is 4.74 Å². The zero-order chi connectivity index (χ0) is 11.5. The molecule has 1 heterocycles. The number of carbonyl (C=O) groups excluding carboxylic acids is 1. The van der Waals surface area contributed by atoms with Gasteiger partial charge in [-0.15, -0.1) is 0 Å². The van der Waals surface area contributed by atoms with Gasteiger partial charge in [0.1, 0.15) is 6.10 Å². The van der Waals surface area contributed by atoms with Gasteiger partial charge in [-0.25, -0.2) is 4.79 Å². The molecule has 1 atom stereocenters. The molecule has 1 unspecified atom stereocenters. The van der Waals surface area contributed by atoms with Crippen molar-refractivity contribution >= 4 is 27.7 Å². The van der Waals surface area contributed by atoms with Crippen molar-refractivity contribution in [3.05, 3.63) is 29.8 Å². The summed E-state index contributed by atoms with van der Waals surface area (Å²) in [5.74, 6) is 0. The Hall–Kier alpha value is -1.03. The summed E-state index contributed by atoms with van der Waals surface area (Å²) in [4.78, 5) is 13.3. The van der Waals surface area contributed by atoms with Crippen molar-refractivity contribution in [2.45, 2.75) is 24.8 Å². The van der Waals surface area contributed by atoms with Gasteiger partial charge in [-0.3, -0.25) is 4.90 Å². The number of halogens is 1. The van der Waals surface area contributed by atoms with Crippen molar-refractivity contribution in [3.63, 3.8) is 0 Å². The first kappa shape index (κ1) is 11.5. The number of anilines is 1. The number of ether oxygens (including phenoxy) is 1. The first-order valence-electron chi connectivity index (χ1n) is 5.37. The van der Waals surface area contributed by atoms with E-state index >= 15 is 0 Å². The van der Waals surface area contributed by atoms with Crippen LogP contribution in [0, 0.1) is 0 Å². The van der Waals surface area contributed by atoms with Crippen LogP contribution in [0.25, 0.3) is 0 Å². The molecule has 0 radical (unpaired) electrons. The van der Waals surface area contributed by atoms with E-state index in [1.807, 2.05) is 31.2 Å². The van der Waals surface area contributed by atoms with E-state index in [1.54, 1.807) is 4.90 Å². The fourth-order valence-corrected chi connectivity index (χ4v) is 2.08. The Morgan fingerprint density at radius 3 is 2.62 bits per heavy atom. The van der Waals surface area contributed by atoms with Crippen molar-refractivity contribution in [3.8, 4) is 0 Å². The molecule has 0 saturated carbocycles. The Morgan fingerprint density at radius 1 is 1.44 bits per heavy atom. The standard InChI is InChI=1S/C12H14BrNO2/c1-2-11-8-14(12(15)16-11)10-5-3-9(7-13)4-6-10/h3-6,11H,2,7-8H2,1H3. The molecule has 0 spiro atoms. The molecule has 1 amide bonds. The van der Waals surface area contributed by atoms with Crippen LogP contribution < -0.4 is 4.90 Å². The molecule has 3 nitrogen and oxygen atoms in total. The van der Waals surface area contributed by atoms with E-state index in [9.17, 15) is 4.79 Å². The van der Waals surface area contributed by atoms with Gasteiger partial charge in [-0.2, -0.15) is 0 Å². The summed E-state index contributed by atoms with van der Waals surface area (Å²) in [6, 6.07) is 7.93. The molecular weight excluding hydrogens is 270 g/mol. The highest BCUT2D eigenvalue weighted by molar-refractivity contribution is 9.08. The zero-order valence-corrected chi connectivity index (χ0v) is 10.7. The van der Waals surface area contributed by atoms with Crippen molar-refractivity contribution in [2.75, 3.05) is 11.4 Å². The third kappa shape index (κ3) is 2.21. The van der Waals surface area contributed by atoms with E-state index in [0.29, 0.717) is 6.54 Å². The highest BCUT2D eigenvalue weighted by Crippen LogP contribution is 2.23. The lowest BCUT2D eigenvalue weighted by Crippen LogP contribution is -2.24. The SMILES string of the molecule is CCC1CN(c2ccc(CBr)cc2)C(=O)O1. The summed E-state index contributed by atoms with van der Waals surface area (Å²) >= 11 is 3.39. The van der Waals surface area contributed by atoms with Gasteiger partial charge in [0.2, 0.25) is 0 Å². The van der Waals surface area contributed by atoms with Gasteiger partial charge < -0.3 is 4.74 Å². The van der Waals surface area contributed by atoms with Crippen molar-refractivity contribution < 1.29 is 9.53 Å². The maximum absolute atomic E-state index is 11.6. The van der Waals surface area contributed by atoms with Crippen LogP contribution in [-0.2, 0) is 10.1 Å². The third-order valence-electron chi connectivity index (χ3n) is 2.73. The largest absolute Gasteiger partial charge is 0.444 e. The molecule has 0 aromatic heterocycles. The Labute approximate surface area is 104 Å². The molecule has 16 heavy (non-hydrogen) atoms. The van der Waals surface area contributed by atoms with Crippen LogP contribution in [0.2, 0.25) is 0 Å². The lowest BCUT2D eigenvalue weighted by atomic mass is 10.2. The second-order valence-electron chi connectivity index (χ2n) is 3.82. The molecule has 1 aromatic carbocycles. The average molecular weight is 284 g/mol. The normalized spacial score (nSPS) is 20.0. The molecule has 0 bridgehead atoms. The molecule has 86 valence electrons. The minimum atomic E-state index is -0.238. The number of cyclic esters (lactones) is 1. The first-order chi connectivity index (χ1) is 7.74. The van der Waals surface area contributed by atoms with Crippen LogP contribution >= 0.6 is 15.9 Å². The summed E-state index contributed by atoms with van der Waals surface area (Å²) in [5.41, 5.74) is 2.11. The molecule has 4 heteroatoms. The van der Waals surface area contributed by atoms with E-state index in [-0.39, 0.29) is 12.2 Å². The molecule has 0 aliphatic carbocycles. The zero-order valence-electron chi connectivity index (χ0n) is 9.15. The van der Waals surface area contributed by atoms with E-state index in [0.717, 1.165) is 17.4 Å². The maximum Gasteiger partial charge on any atom is 0.414 e. The molecule has 2 rings (SSSR count). The number of nitrogens with zero attached hydrogens (tertiary/aromatic N) is 1. The van der Waals surface area contributed by atoms with Gasteiger partial charge in [0, 0.05) is 11.0 Å². The van der Waals surface area contributed by atoms with E-state index in [1.165, 1.54) is 5.56 Å². The van der Waals surface area contributed by atoms with Crippen molar-refractivity contribution in [1.82, 2.24) is 0 Å². The summed E-state index contributed by atoms with van der Waals surface area (Å²) < 4.78 is 5.21. The lowest BCUT2D eigenvalue weighted by Gasteiger charge is -2.12. The van der Waals surface area contributed by atoms with Gasteiger partial charge >= 0.3 is 6.09 Å². The Bertz CT molecular complexity index is 377. The average Bonchev–Trinajstić information content (AvgIpc) is 2.71. The van der Waals surface area contributed by atoms with E-state index < -0.39 is 0 Å². The van der Waals surface area contributed by atoms with Gasteiger partial charge in [0.25, 0.3) is 0 Å². The number of hydrogen-bond acceptors (Lipinski definition) is 2. The molecule has 1 saturated heterocycles. The summed E-state index contributed by atoms with van der Waals surface area (Å²) in [6.07, 6.45) is 0.656. The van der Waals surface area contributed by atoms with Gasteiger partial charge in [-0.1, -0.05) is 35.0 Å². The van der Waals surface area contributed by atoms with Gasteiger partial charge in [-0.05, 0) is 24.1 Å².